The van der Waals surface area contributed by atoms with Gasteiger partial charge in [0.15, 0.2) is 5.82 Å². The highest BCUT2D eigenvalue weighted by Crippen LogP contribution is 2.30. The van der Waals surface area contributed by atoms with Crippen molar-refractivity contribution in [2.24, 2.45) is 0 Å². The number of benzene rings is 1. The Hall–Kier alpha value is -2.21. The highest BCUT2D eigenvalue weighted by Gasteiger charge is 2.11. The summed E-state index contributed by atoms with van der Waals surface area (Å²) in [6.07, 6.45) is 0. The van der Waals surface area contributed by atoms with E-state index in [2.05, 4.69) is 9.97 Å². The summed E-state index contributed by atoms with van der Waals surface area (Å²) in [7, 11) is 1.52. The monoisotopic (exact) mass is 277 g/mol. The molecule has 0 aliphatic carbocycles. The van der Waals surface area contributed by atoms with E-state index in [4.69, 9.17) is 15.2 Å². The number of hydrogen-bond donors (Lipinski definition) is 1. The number of rotatable bonds is 5. The summed E-state index contributed by atoms with van der Waals surface area (Å²) in [5, 5.41) is 0. The summed E-state index contributed by atoms with van der Waals surface area (Å²) in [5.74, 6) is 0.903. The van der Waals surface area contributed by atoms with Gasteiger partial charge in [0.05, 0.1) is 12.8 Å². The molecule has 0 unspecified atom stereocenters. The molecule has 0 amide bonds. The molecule has 2 rings (SSSR count). The van der Waals surface area contributed by atoms with Gasteiger partial charge < -0.3 is 15.2 Å². The second-order valence-corrected chi connectivity index (χ2v) is 4.08. The number of ether oxygens (including phenoxy) is 2. The van der Waals surface area contributed by atoms with Crippen LogP contribution in [0.2, 0.25) is 0 Å². The number of halogens is 1. The lowest BCUT2D eigenvalue weighted by Gasteiger charge is -2.10. The van der Waals surface area contributed by atoms with Gasteiger partial charge in [-0.15, -0.1) is 0 Å². The van der Waals surface area contributed by atoms with Gasteiger partial charge in [-0.2, -0.15) is 0 Å². The first-order valence-electron chi connectivity index (χ1n) is 6.19. The Balaban J connectivity index is 2.46. The Morgan fingerprint density at radius 3 is 2.75 bits per heavy atom. The van der Waals surface area contributed by atoms with Crippen molar-refractivity contribution in [1.29, 1.82) is 0 Å². The van der Waals surface area contributed by atoms with E-state index in [1.807, 2.05) is 6.92 Å². The molecule has 1 aromatic heterocycles. The number of aromatic nitrogens is 2. The highest BCUT2D eigenvalue weighted by molar-refractivity contribution is 5.68. The Morgan fingerprint density at radius 2 is 2.05 bits per heavy atom. The summed E-state index contributed by atoms with van der Waals surface area (Å²) in [4.78, 5) is 8.41. The summed E-state index contributed by atoms with van der Waals surface area (Å²) in [6.45, 7) is 2.69. The molecular formula is C14H16FN3O2. The molecule has 0 aliphatic heterocycles. The standard InChI is InChI=1S/C14H16FN3O2/c1-3-20-8-14-17-11(7-13(16)18-14)10-6-9(15)4-5-12(10)19-2/h4-7H,3,8H2,1-2H3,(H2,16,17,18). The minimum absolute atomic E-state index is 0.256. The normalized spacial score (nSPS) is 10.6. The molecule has 0 aliphatic rings. The average molecular weight is 277 g/mol. The number of nitrogen functional groups attached to an aromatic ring is 1. The van der Waals surface area contributed by atoms with Crippen LogP contribution >= 0.6 is 0 Å². The minimum Gasteiger partial charge on any atom is -0.496 e. The highest BCUT2D eigenvalue weighted by atomic mass is 19.1. The molecule has 0 fully saturated rings. The van der Waals surface area contributed by atoms with Gasteiger partial charge in [-0.05, 0) is 25.1 Å². The van der Waals surface area contributed by atoms with Gasteiger partial charge in [0, 0.05) is 18.2 Å². The predicted molar refractivity (Wildman–Crippen MR) is 73.7 cm³/mol. The van der Waals surface area contributed by atoms with E-state index in [9.17, 15) is 4.39 Å². The Kier molecular flexibility index (Phi) is 4.47. The molecule has 1 heterocycles. The Morgan fingerprint density at radius 1 is 1.25 bits per heavy atom. The fourth-order valence-electron chi connectivity index (χ4n) is 1.79. The number of methoxy groups -OCH3 is 1. The fourth-order valence-corrected chi connectivity index (χ4v) is 1.79. The largest absolute Gasteiger partial charge is 0.496 e. The Bertz CT molecular complexity index is 605. The molecule has 2 aromatic rings. The van der Waals surface area contributed by atoms with Crippen LogP contribution < -0.4 is 10.5 Å². The predicted octanol–water partition coefficient (Wildman–Crippen LogP) is 2.41. The van der Waals surface area contributed by atoms with Crippen LogP contribution in [0.25, 0.3) is 11.3 Å². The number of anilines is 1. The molecular weight excluding hydrogens is 261 g/mol. The third-order valence-corrected chi connectivity index (χ3v) is 2.67. The fraction of sp³-hybridized carbons (Fsp3) is 0.286. The van der Waals surface area contributed by atoms with Crippen LogP contribution in [0.15, 0.2) is 24.3 Å². The van der Waals surface area contributed by atoms with E-state index in [1.54, 1.807) is 12.1 Å². The summed E-state index contributed by atoms with van der Waals surface area (Å²) in [5.41, 5.74) is 6.79. The van der Waals surface area contributed by atoms with Gasteiger partial charge in [-0.3, -0.25) is 0 Å². The third-order valence-electron chi connectivity index (χ3n) is 2.67. The summed E-state index contributed by atoms with van der Waals surface area (Å²) >= 11 is 0. The lowest BCUT2D eigenvalue weighted by molar-refractivity contribution is 0.128. The molecule has 0 radical (unpaired) electrons. The lowest BCUT2D eigenvalue weighted by Crippen LogP contribution is -2.04. The topological polar surface area (TPSA) is 70.3 Å². The molecule has 106 valence electrons. The molecule has 2 N–H and O–H groups in total. The smallest absolute Gasteiger partial charge is 0.157 e. The van der Waals surface area contributed by atoms with Crippen molar-refractivity contribution in [1.82, 2.24) is 9.97 Å². The molecule has 5 nitrogen and oxygen atoms in total. The van der Waals surface area contributed by atoms with E-state index in [-0.39, 0.29) is 12.4 Å². The van der Waals surface area contributed by atoms with Crippen molar-refractivity contribution in [2.45, 2.75) is 13.5 Å². The maximum Gasteiger partial charge on any atom is 0.157 e. The maximum atomic E-state index is 13.4. The van der Waals surface area contributed by atoms with Gasteiger partial charge in [0.1, 0.15) is 24.0 Å². The third kappa shape index (κ3) is 3.21. The minimum atomic E-state index is -0.371. The molecule has 1 aromatic carbocycles. The van der Waals surface area contributed by atoms with Crippen LogP contribution in [0.1, 0.15) is 12.7 Å². The van der Waals surface area contributed by atoms with E-state index in [0.29, 0.717) is 35.3 Å². The average Bonchev–Trinajstić information content (AvgIpc) is 2.44. The van der Waals surface area contributed by atoms with E-state index < -0.39 is 0 Å². The zero-order valence-electron chi connectivity index (χ0n) is 11.4. The molecule has 0 saturated heterocycles. The van der Waals surface area contributed by atoms with Crippen LogP contribution in [-0.2, 0) is 11.3 Å². The molecule has 6 heteroatoms. The van der Waals surface area contributed by atoms with Crippen molar-refractivity contribution in [2.75, 3.05) is 19.5 Å². The second-order valence-electron chi connectivity index (χ2n) is 4.08. The van der Waals surface area contributed by atoms with Crippen molar-refractivity contribution in [3.63, 3.8) is 0 Å². The lowest BCUT2D eigenvalue weighted by atomic mass is 10.1. The van der Waals surface area contributed by atoms with Crippen LogP contribution in [0.4, 0.5) is 10.2 Å². The van der Waals surface area contributed by atoms with Crippen molar-refractivity contribution < 1.29 is 13.9 Å². The van der Waals surface area contributed by atoms with Gasteiger partial charge in [0.25, 0.3) is 0 Å². The van der Waals surface area contributed by atoms with Crippen LogP contribution in [0, 0.1) is 5.82 Å². The molecule has 0 spiro atoms. The quantitative estimate of drug-likeness (QED) is 0.908. The van der Waals surface area contributed by atoms with Gasteiger partial charge >= 0.3 is 0 Å². The number of nitrogens with zero attached hydrogens (tertiary/aromatic N) is 2. The molecule has 0 bridgehead atoms. The van der Waals surface area contributed by atoms with Crippen molar-refractivity contribution in [3.8, 4) is 17.0 Å². The number of nitrogens with two attached hydrogens (primary N) is 1. The summed E-state index contributed by atoms with van der Waals surface area (Å²) < 4.78 is 23.9. The summed E-state index contributed by atoms with van der Waals surface area (Å²) in [6, 6.07) is 5.80. The Labute approximate surface area is 116 Å². The van der Waals surface area contributed by atoms with E-state index >= 15 is 0 Å². The zero-order valence-corrected chi connectivity index (χ0v) is 11.4. The van der Waals surface area contributed by atoms with Crippen molar-refractivity contribution in [3.05, 3.63) is 35.9 Å². The first-order valence-corrected chi connectivity index (χ1v) is 6.19. The molecule has 20 heavy (non-hydrogen) atoms. The SMILES string of the molecule is CCOCc1nc(N)cc(-c2cc(F)ccc2OC)n1. The van der Waals surface area contributed by atoms with Gasteiger partial charge in [-0.25, -0.2) is 14.4 Å². The first-order chi connectivity index (χ1) is 9.63. The molecule has 0 saturated carbocycles. The second kappa shape index (κ2) is 6.29. The maximum absolute atomic E-state index is 13.4. The van der Waals surface area contributed by atoms with Crippen LogP contribution in [0.5, 0.6) is 5.75 Å². The van der Waals surface area contributed by atoms with Crippen molar-refractivity contribution >= 4 is 5.82 Å². The molecule has 0 atom stereocenters. The zero-order chi connectivity index (χ0) is 14.5. The van der Waals surface area contributed by atoms with E-state index in [0.717, 1.165) is 0 Å². The number of hydrogen-bond acceptors (Lipinski definition) is 5. The van der Waals surface area contributed by atoms with Crippen LogP contribution in [0.3, 0.4) is 0 Å². The van der Waals surface area contributed by atoms with Gasteiger partial charge in [-0.1, -0.05) is 0 Å². The van der Waals surface area contributed by atoms with Gasteiger partial charge in [0.2, 0.25) is 0 Å². The van der Waals surface area contributed by atoms with E-state index in [1.165, 1.54) is 19.2 Å². The first kappa shape index (κ1) is 14.2. The van der Waals surface area contributed by atoms with Crippen LogP contribution in [-0.4, -0.2) is 23.7 Å².